The molecule has 0 heterocycles. The zero-order chi connectivity index (χ0) is 14.4. The molecule has 1 atom stereocenters. The molecule has 4 nitrogen and oxygen atoms in total. The molecule has 0 aliphatic carbocycles. The van der Waals surface area contributed by atoms with Crippen molar-refractivity contribution < 1.29 is 14.3 Å². The SMILES string of the molecule is CC(=O)OC(C)(C)CC(C)(C)OCCCC(C)N. The minimum Gasteiger partial charge on any atom is -0.460 e. The van der Waals surface area contributed by atoms with E-state index in [0.717, 1.165) is 12.8 Å². The van der Waals surface area contributed by atoms with E-state index >= 15 is 0 Å². The predicted molar refractivity (Wildman–Crippen MR) is 73.4 cm³/mol. The highest BCUT2D eigenvalue weighted by Crippen LogP contribution is 2.26. The van der Waals surface area contributed by atoms with Crippen LogP contribution in [0.15, 0.2) is 0 Å². The van der Waals surface area contributed by atoms with Gasteiger partial charge in [0, 0.05) is 26.0 Å². The molecule has 0 spiro atoms. The number of hydrogen-bond acceptors (Lipinski definition) is 4. The molecular formula is C14H29NO3. The standard InChI is InChI=1S/C14H29NO3/c1-11(15)8-7-9-17-13(3,4)10-14(5,6)18-12(2)16/h11H,7-10,15H2,1-6H3. The van der Waals surface area contributed by atoms with Gasteiger partial charge in [0.25, 0.3) is 0 Å². The van der Waals surface area contributed by atoms with E-state index in [0.29, 0.717) is 13.0 Å². The van der Waals surface area contributed by atoms with Gasteiger partial charge in [0.2, 0.25) is 0 Å². The Morgan fingerprint density at radius 2 is 1.78 bits per heavy atom. The molecule has 18 heavy (non-hydrogen) atoms. The monoisotopic (exact) mass is 259 g/mol. The van der Waals surface area contributed by atoms with Gasteiger partial charge < -0.3 is 15.2 Å². The number of carbonyl (C=O) groups excluding carboxylic acids is 1. The summed E-state index contributed by atoms with van der Waals surface area (Å²) in [5.41, 5.74) is 4.87. The van der Waals surface area contributed by atoms with Crippen molar-refractivity contribution in [3.8, 4) is 0 Å². The van der Waals surface area contributed by atoms with Gasteiger partial charge in [-0.1, -0.05) is 0 Å². The molecule has 0 aliphatic heterocycles. The van der Waals surface area contributed by atoms with Crippen LogP contribution in [-0.4, -0.2) is 29.8 Å². The molecule has 0 aromatic heterocycles. The second-order valence-electron chi connectivity index (χ2n) is 6.26. The summed E-state index contributed by atoms with van der Waals surface area (Å²) >= 11 is 0. The largest absolute Gasteiger partial charge is 0.460 e. The number of hydrogen-bond donors (Lipinski definition) is 1. The summed E-state index contributed by atoms with van der Waals surface area (Å²) in [6.45, 7) is 12.0. The van der Waals surface area contributed by atoms with E-state index < -0.39 is 5.60 Å². The van der Waals surface area contributed by atoms with Crippen LogP contribution in [0.2, 0.25) is 0 Å². The van der Waals surface area contributed by atoms with E-state index in [1.165, 1.54) is 6.92 Å². The molecule has 0 aliphatic rings. The van der Waals surface area contributed by atoms with Crippen molar-refractivity contribution in [1.82, 2.24) is 0 Å². The topological polar surface area (TPSA) is 61.5 Å². The van der Waals surface area contributed by atoms with Crippen molar-refractivity contribution in [3.63, 3.8) is 0 Å². The van der Waals surface area contributed by atoms with Gasteiger partial charge in [-0.25, -0.2) is 0 Å². The summed E-state index contributed by atoms with van der Waals surface area (Å²) in [5, 5.41) is 0. The third kappa shape index (κ3) is 9.42. The Morgan fingerprint density at radius 3 is 2.22 bits per heavy atom. The summed E-state index contributed by atoms with van der Waals surface area (Å²) in [7, 11) is 0. The Morgan fingerprint density at radius 1 is 1.22 bits per heavy atom. The molecule has 0 radical (unpaired) electrons. The summed E-state index contributed by atoms with van der Waals surface area (Å²) in [6.07, 6.45) is 2.58. The average molecular weight is 259 g/mol. The molecule has 4 heteroatoms. The fourth-order valence-electron chi connectivity index (χ4n) is 2.26. The average Bonchev–Trinajstić information content (AvgIpc) is 2.07. The van der Waals surface area contributed by atoms with Gasteiger partial charge in [-0.15, -0.1) is 0 Å². The highest BCUT2D eigenvalue weighted by Gasteiger charge is 2.31. The van der Waals surface area contributed by atoms with Crippen molar-refractivity contribution in [3.05, 3.63) is 0 Å². The Hall–Kier alpha value is -0.610. The Balaban J connectivity index is 4.09. The summed E-state index contributed by atoms with van der Waals surface area (Å²) in [4.78, 5) is 11.0. The lowest BCUT2D eigenvalue weighted by atomic mass is 9.92. The van der Waals surface area contributed by atoms with Crippen LogP contribution >= 0.6 is 0 Å². The number of nitrogens with two attached hydrogens (primary N) is 1. The number of carbonyl (C=O) groups is 1. The quantitative estimate of drug-likeness (QED) is 0.537. The van der Waals surface area contributed by atoms with Crippen molar-refractivity contribution in [2.24, 2.45) is 5.73 Å². The normalized spacial score (nSPS) is 14.4. The van der Waals surface area contributed by atoms with Gasteiger partial charge >= 0.3 is 5.97 Å². The Labute approximate surface area is 111 Å². The number of esters is 1. The summed E-state index contributed by atoms with van der Waals surface area (Å²) < 4.78 is 11.1. The maximum absolute atomic E-state index is 11.0. The molecule has 0 aromatic rings. The first-order valence-electron chi connectivity index (χ1n) is 6.63. The molecule has 0 saturated carbocycles. The minimum atomic E-state index is -0.503. The third-order valence-electron chi connectivity index (χ3n) is 2.57. The predicted octanol–water partition coefficient (Wildman–Crippen LogP) is 2.64. The molecule has 2 N–H and O–H groups in total. The lowest BCUT2D eigenvalue weighted by Crippen LogP contribution is -2.38. The molecule has 0 bridgehead atoms. The minimum absolute atomic E-state index is 0.217. The van der Waals surface area contributed by atoms with E-state index in [4.69, 9.17) is 15.2 Å². The van der Waals surface area contributed by atoms with Crippen LogP contribution in [0.3, 0.4) is 0 Å². The zero-order valence-electron chi connectivity index (χ0n) is 12.7. The van der Waals surface area contributed by atoms with E-state index in [-0.39, 0.29) is 17.6 Å². The molecular weight excluding hydrogens is 230 g/mol. The van der Waals surface area contributed by atoms with E-state index in [9.17, 15) is 4.79 Å². The lowest BCUT2D eigenvalue weighted by Gasteiger charge is -2.34. The molecule has 1 unspecified atom stereocenters. The second kappa shape index (κ2) is 7.10. The highest BCUT2D eigenvalue weighted by molar-refractivity contribution is 5.66. The molecule has 0 fully saturated rings. The smallest absolute Gasteiger partial charge is 0.303 e. The first kappa shape index (κ1) is 17.4. The van der Waals surface area contributed by atoms with Crippen LogP contribution in [0.4, 0.5) is 0 Å². The summed E-state index contributed by atoms with van der Waals surface area (Å²) in [6, 6.07) is 0.217. The maximum Gasteiger partial charge on any atom is 0.303 e. The van der Waals surface area contributed by atoms with E-state index in [2.05, 4.69) is 0 Å². The maximum atomic E-state index is 11.0. The number of rotatable bonds is 8. The molecule has 0 rings (SSSR count). The molecule has 0 aromatic carbocycles. The zero-order valence-corrected chi connectivity index (χ0v) is 12.7. The van der Waals surface area contributed by atoms with Gasteiger partial charge in [-0.2, -0.15) is 0 Å². The first-order valence-corrected chi connectivity index (χ1v) is 6.63. The number of ether oxygens (including phenoxy) is 2. The Kier molecular flexibility index (Phi) is 6.86. The van der Waals surface area contributed by atoms with Crippen LogP contribution in [0, 0.1) is 0 Å². The van der Waals surface area contributed by atoms with Crippen LogP contribution in [0.1, 0.15) is 60.8 Å². The summed E-state index contributed by atoms with van der Waals surface area (Å²) in [5.74, 6) is -0.257. The van der Waals surface area contributed by atoms with Gasteiger partial charge in [-0.3, -0.25) is 4.79 Å². The van der Waals surface area contributed by atoms with Crippen molar-refractivity contribution >= 4 is 5.97 Å². The van der Waals surface area contributed by atoms with Crippen molar-refractivity contribution in [2.75, 3.05) is 6.61 Å². The third-order valence-corrected chi connectivity index (χ3v) is 2.57. The lowest BCUT2D eigenvalue weighted by molar-refractivity contribution is -0.160. The van der Waals surface area contributed by atoms with Gasteiger partial charge in [0.15, 0.2) is 0 Å². The van der Waals surface area contributed by atoms with E-state index in [1.807, 2.05) is 34.6 Å². The fraction of sp³-hybridized carbons (Fsp3) is 0.929. The fourth-order valence-corrected chi connectivity index (χ4v) is 2.26. The highest BCUT2D eigenvalue weighted by atomic mass is 16.6. The Bertz CT molecular complexity index is 260. The van der Waals surface area contributed by atoms with Crippen LogP contribution in [0.5, 0.6) is 0 Å². The van der Waals surface area contributed by atoms with Crippen LogP contribution < -0.4 is 5.73 Å². The molecule has 0 amide bonds. The van der Waals surface area contributed by atoms with Gasteiger partial charge in [0.05, 0.1) is 5.60 Å². The van der Waals surface area contributed by atoms with Crippen molar-refractivity contribution in [2.45, 2.75) is 78.0 Å². The van der Waals surface area contributed by atoms with Crippen LogP contribution in [0.25, 0.3) is 0 Å². The second-order valence-corrected chi connectivity index (χ2v) is 6.26. The molecule has 0 saturated heterocycles. The molecule has 108 valence electrons. The van der Waals surface area contributed by atoms with Gasteiger partial charge in [-0.05, 0) is 47.5 Å². The first-order chi connectivity index (χ1) is 8.04. The van der Waals surface area contributed by atoms with E-state index in [1.54, 1.807) is 0 Å². The van der Waals surface area contributed by atoms with Crippen molar-refractivity contribution in [1.29, 1.82) is 0 Å². The van der Waals surface area contributed by atoms with Gasteiger partial charge in [0.1, 0.15) is 5.60 Å². The van der Waals surface area contributed by atoms with Crippen LogP contribution in [-0.2, 0) is 14.3 Å².